The maximum atomic E-state index is 14.6. The molecule has 2 N–H and O–H groups in total. The van der Waals surface area contributed by atoms with E-state index in [0.29, 0.717) is 49.3 Å². The number of aliphatic hydroxyl groups excluding tert-OH is 2. The van der Waals surface area contributed by atoms with Crippen LogP contribution in [0.4, 0.5) is 0 Å². The quantitative estimate of drug-likeness (QED) is 0.313. The predicted molar refractivity (Wildman–Crippen MR) is 191 cm³/mol. The Kier molecular flexibility index (Phi) is 15.0. The molecule has 50 heavy (non-hydrogen) atoms. The Balaban J connectivity index is 1.74. The van der Waals surface area contributed by atoms with E-state index < -0.39 is 24.4 Å². The molecule has 4 rings (SSSR count). The van der Waals surface area contributed by atoms with Crippen molar-refractivity contribution in [3.8, 4) is 17.1 Å². The summed E-state index contributed by atoms with van der Waals surface area (Å²) in [5.74, 6) is 1.01. The van der Waals surface area contributed by atoms with Gasteiger partial charge in [0.05, 0.1) is 25.5 Å². The summed E-state index contributed by atoms with van der Waals surface area (Å²) in [5.41, 5.74) is 1.78. The summed E-state index contributed by atoms with van der Waals surface area (Å²) in [4.78, 5) is 35.4. The van der Waals surface area contributed by atoms with Crippen molar-refractivity contribution in [1.82, 2.24) is 29.5 Å². The van der Waals surface area contributed by atoms with Crippen LogP contribution in [0.1, 0.15) is 52.1 Å². The summed E-state index contributed by atoms with van der Waals surface area (Å²) in [6, 6.07) is 11.1. The molecular formula is C36H52N6O7S. The van der Waals surface area contributed by atoms with Crippen molar-refractivity contribution < 1.29 is 34.0 Å². The minimum Gasteiger partial charge on any atom is -0.497 e. The highest BCUT2D eigenvalue weighted by Gasteiger charge is 2.37. The van der Waals surface area contributed by atoms with Gasteiger partial charge in [0.1, 0.15) is 24.1 Å². The van der Waals surface area contributed by atoms with Gasteiger partial charge in [-0.15, -0.1) is 10.2 Å². The lowest BCUT2D eigenvalue weighted by molar-refractivity contribution is -0.139. The van der Waals surface area contributed by atoms with Crippen LogP contribution in [0.15, 0.2) is 53.9 Å². The number of carbonyl (C=O) groups excluding carboxylic acids is 2. The molecule has 3 heterocycles. The zero-order chi connectivity index (χ0) is 36.2. The second kappa shape index (κ2) is 19.2. The van der Waals surface area contributed by atoms with E-state index in [1.807, 2.05) is 52.8 Å². The van der Waals surface area contributed by atoms with E-state index in [2.05, 4.69) is 29.0 Å². The molecule has 13 nitrogen and oxygen atoms in total. The molecule has 1 aliphatic heterocycles. The maximum Gasteiger partial charge on any atom is 0.233 e. The minimum absolute atomic E-state index is 0.0256. The number of nitrogens with zero attached hydrogens (tertiary/aromatic N) is 6. The summed E-state index contributed by atoms with van der Waals surface area (Å²) >= 11 is 1.35. The van der Waals surface area contributed by atoms with Crippen LogP contribution in [0.5, 0.6) is 5.75 Å². The van der Waals surface area contributed by atoms with Gasteiger partial charge in [0.2, 0.25) is 11.8 Å². The number of hydrogen-bond donors (Lipinski definition) is 2. The summed E-state index contributed by atoms with van der Waals surface area (Å²) < 4.78 is 18.9. The molecule has 0 bridgehead atoms. The Labute approximate surface area is 299 Å². The van der Waals surface area contributed by atoms with E-state index in [0.717, 1.165) is 11.1 Å². The monoisotopic (exact) mass is 712 g/mol. The first-order valence-corrected chi connectivity index (χ1v) is 18.2. The van der Waals surface area contributed by atoms with Gasteiger partial charge in [0, 0.05) is 70.7 Å². The molecule has 1 aromatic carbocycles. The van der Waals surface area contributed by atoms with Gasteiger partial charge < -0.3 is 38.8 Å². The van der Waals surface area contributed by atoms with Crippen LogP contribution >= 0.6 is 11.8 Å². The summed E-state index contributed by atoms with van der Waals surface area (Å²) in [7, 11) is 3.06. The second-order valence-corrected chi connectivity index (χ2v) is 13.8. The molecule has 274 valence electrons. The number of carbonyl (C=O) groups is 2. The van der Waals surface area contributed by atoms with Crippen LogP contribution in [0.3, 0.4) is 0 Å². The summed E-state index contributed by atoms with van der Waals surface area (Å²) in [5, 5.41) is 31.2. The van der Waals surface area contributed by atoms with Crippen molar-refractivity contribution in [2.45, 2.75) is 76.6 Å². The molecule has 2 amide bonds. The van der Waals surface area contributed by atoms with E-state index in [1.165, 1.54) is 25.8 Å². The molecule has 5 atom stereocenters. The molecule has 14 heteroatoms. The molecule has 3 aromatic rings. The normalized spacial score (nSPS) is 22.9. The van der Waals surface area contributed by atoms with E-state index >= 15 is 0 Å². The zero-order valence-electron chi connectivity index (χ0n) is 30.0. The number of pyridine rings is 1. The number of amides is 2. The van der Waals surface area contributed by atoms with Crippen LogP contribution in [-0.4, -0.2) is 123 Å². The molecule has 1 saturated heterocycles. The van der Waals surface area contributed by atoms with E-state index in [1.54, 1.807) is 24.4 Å². The topological polar surface area (TPSA) is 152 Å². The molecule has 0 aliphatic carbocycles. The third-order valence-electron chi connectivity index (χ3n) is 9.23. The van der Waals surface area contributed by atoms with Crippen molar-refractivity contribution in [3.63, 3.8) is 0 Å². The number of methoxy groups -OCH3 is 2. The van der Waals surface area contributed by atoms with Gasteiger partial charge in [0.15, 0.2) is 11.0 Å². The third-order valence-corrected chi connectivity index (χ3v) is 10.2. The Morgan fingerprint density at radius 1 is 1.08 bits per heavy atom. The fourth-order valence-corrected chi connectivity index (χ4v) is 7.23. The first-order chi connectivity index (χ1) is 24.1. The van der Waals surface area contributed by atoms with Gasteiger partial charge in [-0.05, 0) is 55.5 Å². The number of aliphatic hydroxyl groups is 2. The average molecular weight is 713 g/mol. The first-order valence-electron chi connectivity index (χ1n) is 17.2. The Bertz CT molecular complexity index is 1510. The molecule has 0 spiro atoms. The van der Waals surface area contributed by atoms with Gasteiger partial charge in [-0.1, -0.05) is 37.7 Å². The molecular weight excluding hydrogens is 660 g/mol. The van der Waals surface area contributed by atoms with Crippen LogP contribution < -0.4 is 4.74 Å². The van der Waals surface area contributed by atoms with Crippen molar-refractivity contribution in [2.75, 3.05) is 52.8 Å². The fourth-order valence-electron chi connectivity index (χ4n) is 6.34. The molecule has 0 radical (unpaired) electrons. The summed E-state index contributed by atoms with van der Waals surface area (Å²) in [6.07, 6.45) is 1.38. The molecule has 1 aliphatic rings. The predicted octanol–water partition coefficient (Wildman–Crippen LogP) is 3.70. The largest absolute Gasteiger partial charge is 0.497 e. The number of hydrogen-bond acceptors (Lipinski definition) is 11. The van der Waals surface area contributed by atoms with E-state index in [-0.39, 0.29) is 49.1 Å². The molecule has 0 saturated carbocycles. The van der Waals surface area contributed by atoms with Crippen molar-refractivity contribution in [1.29, 1.82) is 0 Å². The lowest BCUT2D eigenvalue weighted by Gasteiger charge is -2.42. The number of aromatic nitrogens is 4. The van der Waals surface area contributed by atoms with E-state index in [9.17, 15) is 19.8 Å². The summed E-state index contributed by atoms with van der Waals surface area (Å²) in [6.45, 7) is 9.33. The van der Waals surface area contributed by atoms with Gasteiger partial charge in [-0.25, -0.2) is 0 Å². The fraction of sp³-hybridized carbons (Fsp3) is 0.583. The molecule has 0 unspecified atom stereocenters. The number of benzene rings is 1. The van der Waals surface area contributed by atoms with Gasteiger partial charge in [-0.3, -0.25) is 14.6 Å². The van der Waals surface area contributed by atoms with Crippen molar-refractivity contribution >= 4 is 23.6 Å². The van der Waals surface area contributed by atoms with Crippen LogP contribution in [-0.2, 0) is 25.6 Å². The Morgan fingerprint density at radius 2 is 1.84 bits per heavy atom. The lowest BCUT2D eigenvalue weighted by atomic mass is 9.82. The highest BCUT2D eigenvalue weighted by Crippen LogP contribution is 2.37. The van der Waals surface area contributed by atoms with Crippen LogP contribution in [0.25, 0.3) is 11.4 Å². The van der Waals surface area contributed by atoms with Crippen molar-refractivity contribution in [2.24, 2.45) is 11.8 Å². The lowest BCUT2D eigenvalue weighted by Crippen LogP contribution is -2.51. The second-order valence-electron chi connectivity index (χ2n) is 12.8. The van der Waals surface area contributed by atoms with Gasteiger partial charge in [-0.2, -0.15) is 0 Å². The molecule has 1 fully saturated rings. The first kappa shape index (κ1) is 39.2. The highest BCUT2D eigenvalue weighted by atomic mass is 32.2. The Morgan fingerprint density at radius 3 is 2.50 bits per heavy atom. The van der Waals surface area contributed by atoms with Crippen LogP contribution in [0.2, 0.25) is 0 Å². The van der Waals surface area contributed by atoms with E-state index in [4.69, 9.17) is 14.2 Å². The smallest absolute Gasteiger partial charge is 0.233 e. The highest BCUT2D eigenvalue weighted by molar-refractivity contribution is 7.99. The standard InChI is InChI=1S/C36H52N6O7S/c1-7-41-35(26-13-15-37-16-14-26)38-39-36(41)50-23-32(45)42-17-8-9-18-49-22-30(44)34(46)31(48-6)21-40(25(4)43)20-29(24(2)3)33(42)27-11-10-12-28(19-27)47-5/h10-16,19,24,29-31,33-34,44,46H,7-9,17-18,20-23H2,1-6H3/t29-,30+,31+,33-,34+/m1/s1. The maximum absolute atomic E-state index is 14.6. The number of thioether (sulfide) groups is 1. The Hall–Kier alpha value is -3.56. The zero-order valence-corrected chi connectivity index (χ0v) is 30.8. The average Bonchev–Trinajstić information content (AvgIpc) is 3.54. The van der Waals surface area contributed by atoms with Crippen molar-refractivity contribution in [3.05, 3.63) is 54.4 Å². The van der Waals surface area contributed by atoms with Crippen LogP contribution in [0, 0.1) is 11.8 Å². The number of ether oxygens (including phenoxy) is 3. The molecule has 2 aromatic heterocycles. The SMILES string of the molecule is CCn1c(SCC(=O)N2CCCCOC[C@H](O)[C@H](O)[C@@H](OC)CN(C(C)=O)C[C@H](C(C)C)[C@H]2c2cccc(OC)c2)nnc1-c1ccncc1. The minimum atomic E-state index is -1.27. The van der Waals surface area contributed by atoms with Gasteiger partial charge >= 0.3 is 0 Å². The van der Waals surface area contributed by atoms with Gasteiger partial charge in [0.25, 0.3) is 0 Å². The third kappa shape index (κ3) is 10.0. The number of rotatable bonds is 9.